The topological polar surface area (TPSA) is 72.4 Å². The third kappa shape index (κ3) is 4.07. The van der Waals surface area contributed by atoms with Gasteiger partial charge in [-0.1, -0.05) is 42.5 Å². The first-order chi connectivity index (χ1) is 10.6. The Bertz CT molecular complexity index is 666. The largest absolute Gasteiger partial charge is 0.326 e. The smallest absolute Gasteiger partial charge is 0.269 e. The fraction of sp³-hybridized carbons (Fsp3) is 0.294. The molecule has 122 valence electrons. The molecule has 1 saturated heterocycles. The highest BCUT2D eigenvalue weighted by atomic mass is 35.5. The minimum atomic E-state index is -0.355. The summed E-state index contributed by atoms with van der Waals surface area (Å²) in [6.07, 6.45) is 0. The van der Waals surface area contributed by atoms with Crippen LogP contribution < -0.4 is 5.73 Å². The van der Waals surface area contributed by atoms with Gasteiger partial charge in [-0.3, -0.25) is 15.0 Å². The first kappa shape index (κ1) is 17.4. The van der Waals surface area contributed by atoms with Crippen molar-refractivity contribution >= 4 is 18.1 Å². The Hall–Kier alpha value is -1.95. The summed E-state index contributed by atoms with van der Waals surface area (Å²) < 4.78 is 0. The Labute approximate surface area is 141 Å². The zero-order valence-corrected chi connectivity index (χ0v) is 13.5. The third-order valence-electron chi connectivity index (χ3n) is 4.20. The van der Waals surface area contributed by atoms with E-state index in [1.54, 1.807) is 12.1 Å². The predicted octanol–water partition coefficient (Wildman–Crippen LogP) is 2.94. The van der Waals surface area contributed by atoms with Gasteiger partial charge in [-0.05, 0) is 11.1 Å². The van der Waals surface area contributed by atoms with Crippen LogP contribution in [0.25, 0.3) is 0 Å². The fourth-order valence-corrected chi connectivity index (χ4v) is 3.12. The number of nitro benzene ring substituents is 1. The van der Waals surface area contributed by atoms with E-state index >= 15 is 0 Å². The lowest BCUT2D eigenvalue weighted by molar-refractivity contribution is -0.384. The van der Waals surface area contributed by atoms with Crippen LogP contribution in [0.4, 0.5) is 5.69 Å². The van der Waals surface area contributed by atoms with Crippen LogP contribution in [-0.2, 0) is 6.54 Å². The molecule has 1 aliphatic heterocycles. The Morgan fingerprint density at radius 2 is 1.87 bits per heavy atom. The summed E-state index contributed by atoms with van der Waals surface area (Å²) in [6.45, 7) is 2.38. The van der Waals surface area contributed by atoms with E-state index in [-0.39, 0.29) is 29.1 Å². The van der Waals surface area contributed by atoms with E-state index in [9.17, 15) is 10.1 Å². The van der Waals surface area contributed by atoms with E-state index in [1.165, 1.54) is 11.6 Å². The van der Waals surface area contributed by atoms with Crippen LogP contribution in [0.1, 0.15) is 17.0 Å². The van der Waals surface area contributed by atoms with E-state index in [2.05, 4.69) is 17.0 Å². The summed E-state index contributed by atoms with van der Waals surface area (Å²) in [5, 5.41) is 10.9. The van der Waals surface area contributed by atoms with E-state index in [0.717, 1.165) is 18.7 Å². The van der Waals surface area contributed by atoms with Gasteiger partial charge in [-0.15, -0.1) is 12.4 Å². The number of non-ortho nitro benzene ring substituents is 1. The highest BCUT2D eigenvalue weighted by Crippen LogP contribution is 2.27. The van der Waals surface area contributed by atoms with Gasteiger partial charge in [0.05, 0.1) is 4.92 Å². The summed E-state index contributed by atoms with van der Waals surface area (Å²) >= 11 is 0. The van der Waals surface area contributed by atoms with Gasteiger partial charge in [0.1, 0.15) is 0 Å². The van der Waals surface area contributed by atoms with Gasteiger partial charge in [0.15, 0.2) is 0 Å². The van der Waals surface area contributed by atoms with E-state index in [4.69, 9.17) is 5.73 Å². The molecular weight excluding hydrogens is 314 g/mol. The van der Waals surface area contributed by atoms with Crippen molar-refractivity contribution in [1.29, 1.82) is 0 Å². The second kappa shape index (κ2) is 7.55. The molecule has 2 aromatic rings. The van der Waals surface area contributed by atoms with Crippen LogP contribution in [0, 0.1) is 10.1 Å². The highest BCUT2D eigenvalue weighted by Gasteiger charge is 2.31. The summed E-state index contributed by atoms with van der Waals surface area (Å²) in [5.74, 6) is 0.319. The summed E-state index contributed by atoms with van der Waals surface area (Å²) in [6, 6.07) is 17.2. The molecule has 0 unspecified atom stereocenters. The van der Waals surface area contributed by atoms with Crippen LogP contribution in [0.2, 0.25) is 0 Å². The number of nitrogens with zero attached hydrogens (tertiary/aromatic N) is 2. The maximum atomic E-state index is 10.9. The van der Waals surface area contributed by atoms with E-state index in [1.807, 2.05) is 24.3 Å². The SMILES string of the molecule is Cl.N[C@@H]1CN(Cc2cccc([N+](=O)[O-])c2)C[C@H]1c1ccccc1. The van der Waals surface area contributed by atoms with Crippen molar-refractivity contribution in [2.75, 3.05) is 13.1 Å². The van der Waals surface area contributed by atoms with Crippen molar-refractivity contribution in [3.8, 4) is 0 Å². The molecule has 0 amide bonds. The number of nitrogens with two attached hydrogens (primary N) is 1. The molecule has 6 heteroatoms. The summed E-state index contributed by atoms with van der Waals surface area (Å²) in [5.41, 5.74) is 8.64. The molecule has 1 heterocycles. The van der Waals surface area contributed by atoms with Crippen molar-refractivity contribution in [3.05, 3.63) is 75.8 Å². The lowest BCUT2D eigenvalue weighted by atomic mass is 9.95. The number of nitro groups is 1. The molecule has 1 aliphatic rings. The molecule has 2 aromatic carbocycles. The lowest BCUT2D eigenvalue weighted by Crippen LogP contribution is -2.28. The summed E-state index contributed by atoms with van der Waals surface area (Å²) in [7, 11) is 0. The molecule has 0 saturated carbocycles. The van der Waals surface area contributed by atoms with Gasteiger partial charge in [-0.25, -0.2) is 0 Å². The molecule has 0 spiro atoms. The maximum Gasteiger partial charge on any atom is 0.269 e. The van der Waals surface area contributed by atoms with Gasteiger partial charge < -0.3 is 5.73 Å². The van der Waals surface area contributed by atoms with Crippen LogP contribution in [-0.4, -0.2) is 29.0 Å². The van der Waals surface area contributed by atoms with Gasteiger partial charge in [0, 0.05) is 43.7 Å². The van der Waals surface area contributed by atoms with Crippen molar-refractivity contribution in [1.82, 2.24) is 4.90 Å². The molecular formula is C17H20ClN3O2. The van der Waals surface area contributed by atoms with Crippen LogP contribution >= 0.6 is 12.4 Å². The first-order valence-electron chi connectivity index (χ1n) is 7.39. The molecule has 2 atom stereocenters. The molecule has 0 aliphatic carbocycles. The normalized spacial score (nSPS) is 20.9. The predicted molar refractivity (Wildman–Crippen MR) is 92.8 cm³/mol. The van der Waals surface area contributed by atoms with Crippen LogP contribution in [0.3, 0.4) is 0 Å². The highest BCUT2D eigenvalue weighted by molar-refractivity contribution is 5.85. The molecule has 2 N–H and O–H groups in total. The fourth-order valence-electron chi connectivity index (χ4n) is 3.12. The Morgan fingerprint density at radius 3 is 2.57 bits per heavy atom. The summed E-state index contributed by atoms with van der Waals surface area (Å²) in [4.78, 5) is 12.8. The molecule has 0 bridgehead atoms. The number of likely N-dealkylation sites (tertiary alicyclic amines) is 1. The van der Waals surface area contributed by atoms with Gasteiger partial charge in [-0.2, -0.15) is 0 Å². The first-order valence-corrected chi connectivity index (χ1v) is 7.39. The quantitative estimate of drug-likeness (QED) is 0.689. The van der Waals surface area contributed by atoms with Crippen molar-refractivity contribution in [2.45, 2.75) is 18.5 Å². The average Bonchev–Trinajstić information content (AvgIpc) is 2.89. The second-order valence-electron chi connectivity index (χ2n) is 5.80. The molecule has 0 aromatic heterocycles. The van der Waals surface area contributed by atoms with Crippen molar-refractivity contribution < 1.29 is 4.92 Å². The Balaban J connectivity index is 0.00000192. The molecule has 0 radical (unpaired) electrons. The lowest BCUT2D eigenvalue weighted by Gasteiger charge is -2.16. The molecule has 23 heavy (non-hydrogen) atoms. The zero-order chi connectivity index (χ0) is 15.5. The monoisotopic (exact) mass is 333 g/mol. The Morgan fingerprint density at radius 1 is 1.13 bits per heavy atom. The van der Waals surface area contributed by atoms with Crippen LogP contribution in [0.5, 0.6) is 0 Å². The third-order valence-corrected chi connectivity index (χ3v) is 4.20. The number of benzene rings is 2. The minimum Gasteiger partial charge on any atom is -0.326 e. The van der Waals surface area contributed by atoms with E-state index in [0.29, 0.717) is 12.5 Å². The molecule has 3 rings (SSSR count). The Kier molecular flexibility index (Phi) is 5.71. The maximum absolute atomic E-state index is 10.9. The number of hydrogen-bond donors (Lipinski definition) is 1. The van der Waals surface area contributed by atoms with Crippen LogP contribution in [0.15, 0.2) is 54.6 Å². The minimum absolute atomic E-state index is 0. The number of hydrogen-bond acceptors (Lipinski definition) is 4. The van der Waals surface area contributed by atoms with Gasteiger partial charge >= 0.3 is 0 Å². The van der Waals surface area contributed by atoms with Gasteiger partial charge in [0.25, 0.3) is 5.69 Å². The number of halogens is 1. The van der Waals surface area contributed by atoms with Gasteiger partial charge in [0.2, 0.25) is 0 Å². The van der Waals surface area contributed by atoms with E-state index < -0.39 is 0 Å². The molecule has 1 fully saturated rings. The van der Waals surface area contributed by atoms with Crippen molar-refractivity contribution in [3.63, 3.8) is 0 Å². The molecule has 5 nitrogen and oxygen atoms in total. The average molecular weight is 334 g/mol. The van der Waals surface area contributed by atoms with Crippen molar-refractivity contribution in [2.24, 2.45) is 5.73 Å². The zero-order valence-electron chi connectivity index (χ0n) is 12.7. The standard InChI is InChI=1S/C17H19N3O2.ClH/c18-17-12-19(11-16(17)14-6-2-1-3-7-14)10-13-5-4-8-15(9-13)20(21)22;/h1-9,16-17H,10-12,18H2;1H/t16-,17+;/m0./s1. The number of rotatable bonds is 4. The second-order valence-corrected chi connectivity index (χ2v) is 5.80.